The number of hydrogen-bond acceptors (Lipinski definition) is 4. The Hall–Kier alpha value is -3.39. The van der Waals surface area contributed by atoms with E-state index in [4.69, 9.17) is 9.47 Å². The summed E-state index contributed by atoms with van der Waals surface area (Å²) in [5.74, 6) is 0.0442. The lowest BCUT2D eigenvalue weighted by molar-refractivity contribution is -0.159. The van der Waals surface area contributed by atoms with Crippen LogP contribution in [-0.2, 0) is 16.0 Å². The van der Waals surface area contributed by atoms with Crippen molar-refractivity contribution in [3.63, 3.8) is 0 Å². The number of H-pyrrole nitrogens is 1. The third kappa shape index (κ3) is 4.50. The average molecular weight is 466 g/mol. The van der Waals surface area contributed by atoms with E-state index in [0.717, 1.165) is 36.0 Å². The molecule has 3 heterocycles. The minimum atomic E-state index is -1.11. The number of morpholine rings is 1. The van der Waals surface area contributed by atoms with Gasteiger partial charge in [-0.25, -0.2) is 4.39 Å². The zero-order chi connectivity index (χ0) is 23.5. The molecule has 0 bridgehead atoms. The summed E-state index contributed by atoms with van der Waals surface area (Å²) >= 11 is 0. The predicted octanol–water partition coefficient (Wildman–Crippen LogP) is 3.44. The molecule has 0 aliphatic carbocycles. The Bertz CT molecular complexity index is 1210. The molecule has 2 aromatic carbocycles. The number of carbonyl (C=O) groups is 2. The van der Waals surface area contributed by atoms with Crippen molar-refractivity contribution in [3.8, 4) is 5.75 Å². The van der Waals surface area contributed by atoms with Crippen molar-refractivity contribution in [3.05, 3.63) is 65.6 Å². The van der Waals surface area contributed by atoms with Gasteiger partial charge in [-0.3, -0.25) is 9.59 Å². The van der Waals surface area contributed by atoms with Gasteiger partial charge in [-0.15, -0.1) is 0 Å². The Kier molecular flexibility index (Phi) is 6.24. The van der Waals surface area contributed by atoms with Crippen molar-refractivity contribution in [1.82, 2.24) is 15.2 Å². The maximum atomic E-state index is 13.6. The second kappa shape index (κ2) is 9.46. The van der Waals surface area contributed by atoms with E-state index in [1.165, 1.54) is 12.1 Å². The lowest BCUT2D eigenvalue weighted by Crippen LogP contribution is -2.61. The molecule has 2 amide bonds. The van der Waals surface area contributed by atoms with Gasteiger partial charge in [0.25, 0.3) is 11.8 Å². The number of aromatic amines is 1. The zero-order valence-corrected chi connectivity index (χ0v) is 18.9. The number of nitrogens with one attached hydrogen (secondary N) is 2. The fraction of sp³-hybridized carbons (Fsp3) is 0.385. The van der Waals surface area contributed by atoms with Crippen LogP contribution in [0.2, 0.25) is 0 Å². The maximum absolute atomic E-state index is 13.6. The highest BCUT2D eigenvalue weighted by Gasteiger charge is 2.44. The molecular weight excluding hydrogens is 437 g/mol. The first-order valence-electron chi connectivity index (χ1n) is 11.7. The molecule has 1 fully saturated rings. The third-order valence-electron chi connectivity index (χ3n) is 6.60. The first kappa shape index (κ1) is 22.4. The Balaban J connectivity index is 1.33. The number of nitrogens with zero attached hydrogens (tertiary/aromatic N) is 1. The lowest BCUT2D eigenvalue weighted by atomic mass is 9.91. The monoisotopic (exact) mass is 465 g/mol. The van der Waals surface area contributed by atoms with Crippen molar-refractivity contribution in [2.75, 3.05) is 32.8 Å². The summed E-state index contributed by atoms with van der Waals surface area (Å²) in [7, 11) is 0. The van der Waals surface area contributed by atoms with Gasteiger partial charge >= 0.3 is 0 Å². The molecule has 0 saturated carbocycles. The van der Waals surface area contributed by atoms with Gasteiger partial charge in [0.05, 0.1) is 19.7 Å². The van der Waals surface area contributed by atoms with E-state index in [1.54, 1.807) is 17.0 Å². The SMILES string of the molecule is O=C(c1cc2ccc(F)cc2[nH]1)N1CCOC2(CCCCc3ccccc3OCCNC2=O)C1. The van der Waals surface area contributed by atoms with Gasteiger partial charge in [0, 0.05) is 17.4 Å². The molecule has 1 spiro atoms. The van der Waals surface area contributed by atoms with E-state index in [1.807, 2.05) is 18.2 Å². The predicted molar refractivity (Wildman–Crippen MR) is 125 cm³/mol. The second-order valence-electron chi connectivity index (χ2n) is 8.90. The number of ether oxygens (including phenoxy) is 2. The Labute approximate surface area is 197 Å². The fourth-order valence-electron chi connectivity index (χ4n) is 4.81. The van der Waals surface area contributed by atoms with Crippen LogP contribution in [-0.4, -0.2) is 60.1 Å². The fourth-order valence-corrected chi connectivity index (χ4v) is 4.81. The number of hydrogen-bond donors (Lipinski definition) is 2. The van der Waals surface area contributed by atoms with Crippen molar-refractivity contribution in [1.29, 1.82) is 0 Å². The Morgan fingerprint density at radius 1 is 1.09 bits per heavy atom. The number of benzene rings is 2. The average Bonchev–Trinajstić information content (AvgIpc) is 3.27. The summed E-state index contributed by atoms with van der Waals surface area (Å²) in [6.07, 6.45) is 3.02. The van der Waals surface area contributed by atoms with E-state index in [-0.39, 0.29) is 30.8 Å². The van der Waals surface area contributed by atoms with Gasteiger partial charge in [-0.2, -0.15) is 0 Å². The van der Waals surface area contributed by atoms with Gasteiger partial charge in [0.1, 0.15) is 23.9 Å². The van der Waals surface area contributed by atoms with Crippen LogP contribution in [0.1, 0.15) is 35.3 Å². The molecule has 5 rings (SSSR count). The van der Waals surface area contributed by atoms with Crippen LogP contribution in [0.5, 0.6) is 5.75 Å². The number of aryl methyl sites for hydroxylation is 1. The number of aromatic nitrogens is 1. The van der Waals surface area contributed by atoms with Crippen LogP contribution >= 0.6 is 0 Å². The summed E-state index contributed by atoms with van der Waals surface area (Å²) in [5.41, 5.74) is 0.983. The smallest absolute Gasteiger partial charge is 0.270 e. The van der Waals surface area contributed by atoms with Gasteiger partial charge in [-0.05, 0) is 61.6 Å². The van der Waals surface area contributed by atoms with Crippen LogP contribution in [0.15, 0.2) is 48.5 Å². The molecule has 0 radical (unpaired) electrons. The molecule has 1 unspecified atom stereocenters. The number of amides is 2. The lowest BCUT2D eigenvalue weighted by Gasteiger charge is -2.41. The number of carbonyl (C=O) groups excluding carboxylic acids is 2. The molecule has 2 aliphatic rings. The standard InChI is InChI=1S/C26H28FN3O4/c27-20-9-8-19-15-22(29-21(19)16-20)24(31)30-12-14-34-26(17-30)10-4-3-6-18-5-1-2-7-23(18)33-13-11-28-25(26)32/h1-2,5,7-9,15-16,29H,3-4,6,10-14,17H2,(H,28,32). The highest BCUT2D eigenvalue weighted by molar-refractivity contribution is 5.98. The summed E-state index contributed by atoms with van der Waals surface area (Å²) in [6, 6.07) is 14.1. The summed E-state index contributed by atoms with van der Waals surface area (Å²) in [6.45, 7) is 1.52. The molecule has 7 nitrogen and oxygen atoms in total. The zero-order valence-electron chi connectivity index (χ0n) is 18.9. The number of halogens is 1. The van der Waals surface area contributed by atoms with E-state index in [0.29, 0.717) is 37.3 Å². The van der Waals surface area contributed by atoms with Gasteiger partial charge in [0.15, 0.2) is 5.60 Å². The van der Waals surface area contributed by atoms with Crippen LogP contribution in [0.25, 0.3) is 10.9 Å². The third-order valence-corrected chi connectivity index (χ3v) is 6.60. The van der Waals surface area contributed by atoms with Gasteiger partial charge in [0.2, 0.25) is 0 Å². The van der Waals surface area contributed by atoms with Crippen molar-refractivity contribution >= 4 is 22.7 Å². The molecular formula is C26H28FN3O4. The van der Waals surface area contributed by atoms with Crippen molar-refractivity contribution in [2.45, 2.75) is 31.3 Å². The molecule has 178 valence electrons. The molecule has 1 saturated heterocycles. The maximum Gasteiger partial charge on any atom is 0.270 e. The van der Waals surface area contributed by atoms with Crippen molar-refractivity contribution < 1.29 is 23.5 Å². The highest BCUT2D eigenvalue weighted by atomic mass is 19.1. The molecule has 2 N–H and O–H groups in total. The highest BCUT2D eigenvalue weighted by Crippen LogP contribution is 2.29. The molecule has 1 aromatic heterocycles. The van der Waals surface area contributed by atoms with Crippen LogP contribution in [0.4, 0.5) is 4.39 Å². The van der Waals surface area contributed by atoms with E-state index in [2.05, 4.69) is 16.4 Å². The summed E-state index contributed by atoms with van der Waals surface area (Å²) < 4.78 is 25.5. The summed E-state index contributed by atoms with van der Waals surface area (Å²) in [5, 5.41) is 3.70. The Morgan fingerprint density at radius 2 is 1.97 bits per heavy atom. The minimum Gasteiger partial charge on any atom is -0.491 e. The molecule has 2 aliphatic heterocycles. The number of para-hydroxylation sites is 1. The summed E-state index contributed by atoms with van der Waals surface area (Å²) in [4.78, 5) is 31.2. The molecule has 3 aromatic rings. The molecule has 1 atom stereocenters. The first-order valence-corrected chi connectivity index (χ1v) is 11.7. The van der Waals surface area contributed by atoms with Crippen molar-refractivity contribution in [2.24, 2.45) is 0 Å². The van der Waals surface area contributed by atoms with Gasteiger partial charge in [-0.1, -0.05) is 18.2 Å². The second-order valence-corrected chi connectivity index (χ2v) is 8.90. The van der Waals surface area contributed by atoms with Crippen LogP contribution in [0.3, 0.4) is 0 Å². The van der Waals surface area contributed by atoms with E-state index in [9.17, 15) is 14.0 Å². The normalized spacial score (nSPS) is 21.8. The topological polar surface area (TPSA) is 83.7 Å². The van der Waals surface area contributed by atoms with E-state index >= 15 is 0 Å². The van der Waals surface area contributed by atoms with Crippen LogP contribution in [0, 0.1) is 5.82 Å². The minimum absolute atomic E-state index is 0.166. The molecule has 8 heteroatoms. The largest absolute Gasteiger partial charge is 0.491 e. The van der Waals surface area contributed by atoms with Crippen LogP contribution < -0.4 is 10.1 Å². The quantitative estimate of drug-likeness (QED) is 0.577. The molecule has 34 heavy (non-hydrogen) atoms. The number of rotatable bonds is 1. The van der Waals surface area contributed by atoms with E-state index < -0.39 is 5.60 Å². The Morgan fingerprint density at radius 3 is 2.88 bits per heavy atom. The van der Waals surface area contributed by atoms with Gasteiger partial charge < -0.3 is 24.7 Å². The first-order chi connectivity index (χ1) is 16.5. The number of fused-ring (bicyclic) bond motifs is 2.